The van der Waals surface area contributed by atoms with Crippen LogP contribution in [0.4, 0.5) is 11.6 Å². The lowest BCUT2D eigenvalue weighted by Crippen LogP contribution is -2.52. The summed E-state index contributed by atoms with van der Waals surface area (Å²) in [5, 5.41) is 14.1. The monoisotopic (exact) mass is 326 g/mol. The van der Waals surface area contributed by atoms with Gasteiger partial charge in [-0.1, -0.05) is 5.16 Å². The van der Waals surface area contributed by atoms with Crippen molar-refractivity contribution in [3.05, 3.63) is 36.5 Å². The van der Waals surface area contributed by atoms with Crippen LogP contribution in [0.25, 0.3) is 5.82 Å². The first-order chi connectivity index (χ1) is 11.7. The normalized spacial score (nSPS) is 14.5. The lowest BCUT2D eigenvalue weighted by molar-refractivity contribution is -0.120. The molecule has 0 radical (unpaired) electrons. The molecule has 0 spiro atoms. The summed E-state index contributed by atoms with van der Waals surface area (Å²) in [6.45, 7) is 2.87. The molecule has 1 N–H and O–H groups in total. The molecule has 0 saturated carbocycles. The van der Waals surface area contributed by atoms with Gasteiger partial charge in [-0.25, -0.2) is 19.3 Å². The Morgan fingerprint density at radius 2 is 2.12 bits per heavy atom. The lowest BCUT2D eigenvalue weighted by Gasteiger charge is -2.38. The minimum Gasteiger partial charge on any atom is -0.355 e. The van der Waals surface area contributed by atoms with Crippen molar-refractivity contribution >= 4 is 17.5 Å². The zero-order chi connectivity index (χ0) is 16.5. The van der Waals surface area contributed by atoms with E-state index in [0.29, 0.717) is 30.4 Å². The van der Waals surface area contributed by atoms with Crippen molar-refractivity contribution in [2.75, 3.05) is 23.3 Å². The van der Waals surface area contributed by atoms with Crippen molar-refractivity contribution in [2.45, 2.75) is 6.92 Å². The number of anilines is 2. The van der Waals surface area contributed by atoms with Crippen molar-refractivity contribution in [2.24, 2.45) is 5.92 Å². The van der Waals surface area contributed by atoms with Crippen LogP contribution in [0.1, 0.15) is 5.69 Å². The third-order valence-corrected chi connectivity index (χ3v) is 3.85. The molecular weight excluding hydrogens is 312 g/mol. The van der Waals surface area contributed by atoms with Crippen LogP contribution in [-0.2, 0) is 4.79 Å². The van der Waals surface area contributed by atoms with Gasteiger partial charge in [-0.05, 0) is 18.1 Å². The summed E-state index contributed by atoms with van der Waals surface area (Å²) in [4.78, 5) is 22.6. The summed E-state index contributed by atoms with van der Waals surface area (Å²) >= 11 is 0. The van der Waals surface area contributed by atoms with E-state index >= 15 is 0 Å². The van der Waals surface area contributed by atoms with Crippen LogP contribution in [0.15, 0.2) is 35.5 Å². The second kappa shape index (κ2) is 5.72. The molecule has 122 valence electrons. The predicted octanol–water partition coefficient (Wildman–Crippen LogP) is 0.429. The van der Waals surface area contributed by atoms with E-state index in [4.69, 9.17) is 0 Å². The molecule has 1 saturated heterocycles. The van der Waals surface area contributed by atoms with Gasteiger partial charge >= 0.3 is 0 Å². The number of nitrogens with zero attached hydrogens (tertiary/aromatic N) is 7. The third kappa shape index (κ3) is 2.57. The summed E-state index contributed by atoms with van der Waals surface area (Å²) in [6.07, 6.45) is 4.99. The maximum atomic E-state index is 12.2. The summed E-state index contributed by atoms with van der Waals surface area (Å²) in [6, 6.07) is 3.67. The molecule has 24 heavy (non-hydrogen) atoms. The van der Waals surface area contributed by atoms with E-state index in [-0.39, 0.29) is 11.8 Å². The molecule has 1 aliphatic rings. The second-order valence-electron chi connectivity index (χ2n) is 5.47. The van der Waals surface area contributed by atoms with E-state index in [1.54, 1.807) is 17.8 Å². The molecule has 0 atom stereocenters. The number of aromatic nitrogens is 6. The molecule has 0 aliphatic carbocycles. The van der Waals surface area contributed by atoms with Gasteiger partial charge in [0.15, 0.2) is 11.6 Å². The van der Waals surface area contributed by atoms with Gasteiger partial charge in [-0.2, -0.15) is 5.10 Å². The quantitative estimate of drug-likeness (QED) is 0.734. The van der Waals surface area contributed by atoms with Gasteiger partial charge in [0.2, 0.25) is 5.91 Å². The highest BCUT2D eigenvalue weighted by Gasteiger charge is 2.34. The highest BCUT2D eigenvalue weighted by atomic mass is 16.6. The van der Waals surface area contributed by atoms with Crippen LogP contribution >= 0.6 is 0 Å². The van der Waals surface area contributed by atoms with Crippen LogP contribution < -0.4 is 10.2 Å². The summed E-state index contributed by atoms with van der Waals surface area (Å²) in [7, 11) is 0. The molecule has 4 heterocycles. The molecule has 4 rings (SSSR count). The number of rotatable bonds is 4. The van der Waals surface area contributed by atoms with Crippen molar-refractivity contribution in [3.8, 4) is 5.82 Å². The summed E-state index contributed by atoms with van der Waals surface area (Å²) < 4.78 is 6.23. The predicted molar refractivity (Wildman–Crippen MR) is 82.5 cm³/mol. The zero-order valence-electron chi connectivity index (χ0n) is 12.8. The van der Waals surface area contributed by atoms with Crippen LogP contribution in [0.5, 0.6) is 0 Å². The Kier molecular flexibility index (Phi) is 3.41. The third-order valence-electron chi connectivity index (χ3n) is 3.85. The molecule has 10 nitrogen and oxygen atoms in total. The summed E-state index contributed by atoms with van der Waals surface area (Å²) in [5.74, 6) is 1.57. The molecule has 10 heteroatoms. The molecule has 3 aromatic rings. The molecule has 1 aliphatic heterocycles. The molecule has 0 bridgehead atoms. The Balaban J connectivity index is 1.40. The van der Waals surface area contributed by atoms with Crippen molar-refractivity contribution in [3.63, 3.8) is 0 Å². The first-order valence-corrected chi connectivity index (χ1v) is 7.38. The largest absolute Gasteiger partial charge is 0.355 e. The average Bonchev–Trinajstić information content (AvgIpc) is 3.19. The molecular formula is C14H14N8O2. The first kappa shape index (κ1) is 14.3. The highest BCUT2D eigenvalue weighted by Crippen LogP contribution is 2.24. The Bertz CT molecular complexity index is 853. The zero-order valence-corrected chi connectivity index (χ0v) is 12.8. The fourth-order valence-electron chi connectivity index (χ4n) is 2.44. The summed E-state index contributed by atoms with van der Waals surface area (Å²) in [5.41, 5.74) is 0.555. The maximum Gasteiger partial charge on any atom is 0.232 e. The number of aryl methyl sites for hydroxylation is 1. The lowest BCUT2D eigenvalue weighted by atomic mass is 9.99. The van der Waals surface area contributed by atoms with E-state index in [2.05, 4.69) is 35.3 Å². The van der Waals surface area contributed by atoms with Crippen molar-refractivity contribution < 1.29 is 9.42 Å². The smallest absolute Gasteiger partial charge is 0.232 e. The van der Waals surface area contributed by atoms with Gasteiger partial charge < -0.3 is 10.2 Å². The minimum atomic E-state index is -0.135. The Morgan fingerprint density at radius 3 is 2.83 bits per heavy atom. The van der Waals surface area contributed by atoms with E-state index in [1.165, 1.54) is 6.33 Å². The maximum absolute atomic E-state index is 12.2. The average molecular weight is 326 g/mol. The fraction of sp³-hybridized carbons (Fsp3) is 0.286. The number of hydrogen-bond donors (Lipinski definition) is 1. The van der Waals surface area contributed by atoms with Gasteiger partial charge in [0.05, 0.1) is 5.92 Å². The van der Waals surface area contributed by atoms with Gasteiger partial charge in [0, 0.05) is 31.5 Å². The SMILES string of the molecule is Cc1nonc1NC(=O)C1CN(c2cc(-n3cccn3)ncn2)C1. The number of hydrogen-bond acceptors (Lipinski definition) is 8. The molecule has 1 amide bonds. The highest BCUT2D eigenvalue weighted by molar-refractivity contribution is 5.93. The van der Waals surface area contributed by atoms with Crippen molar-refractivity contribution in [1.82, 2.24) is 30.1 Å². The fourth-order valence-corrected chi connectivity index (χ4v) is 2.44. The Labute approximate surface area is 136 Å². The van der Waals surface area contributed by atoms with Crippen LogP contribution in [-0.4, -0.2) is 49.1 Å². The molecule has 0 unspecified atom stereocenters. The number of carbonyl (C=O) groups is 1. The van der Waals surface area contributed by atoms with Gasteiger partial charge in [0.1, 0.15) is 17.8 Å². The Hall–Kier alpha value is -3.30. The minimum absolute atomic E-state index is 0.105. The van der Waals surface area contributed by atoms with Crippen LogP contribution in [0, 0.1) is 12.8 Å². The second-order valence-corrected chi connectivity index (χ2v) is 5.47. The van der Waals surface area contributed by atoms with Crippen molar-refractivity contribution in [1.29, 1.82) is 0 Å². The number of amides is 1. The number of nitrogens with one attached hydrogen (secondary N) is 1. The molecule has 1 fully saturated rings. The topological polar surface area (TPSA) is 115 Å². The first-order valence-electron chi connectivity index (χ1n) is 7.38. The van der Waals surface area contributed by atoms with E-state index < -0.39 is 0 Å². The van der Waals surface area contributed by atoms with E-state index in [1.807, 2.05) is 23.2 Å². The standard InChI is InChI=1S/C14H14N8O2/c1-9-13(20-24-19-9)18-14(23)10-6-21(7-10)11-5-12(16-8-15-11)22-4-2-3-17-22/h2-5,8,10H,6-7H2,1H3,(H,18,20,23). The van der Waals surface area contributed by atoms with Gasteiger partial charge in [-0.15, -0.1) is 0 Å². The van der Waals surface area contributed by atoms with Crippen LogP contribution in [0.3, 0.4) is 0 Å². The number of carbonyl (C=O) groups excluding carboxylic acids is 1. The molecule has 0 aromatic carbocycles. The Morgan fingerprint density at radius 1 is 1.29 bits per heavy atom. The van der Waals surface area contributed by atoms with Gasteiger partial charge in [0.25, 0.3) is 0 Å². The van der Waals surface area contributed by atoms with E-state index in [9.17, 15) is 4.79 Å². The van der Waals surface area contributed by atoms with Gasteiger partial charge in [-0.3, -0.25) is 4.79 Å². The molecule has 3 aromatic heterocycles. The van der Waals surface area contributed by atoms with Crippen LogP contribution in [0.2, 0.25) is 0 Å². The van der Waals surface area contributed by atoms with E-state index in [0.717, 1.165) is 5.82 Å².